The minimum absolute atomic E-state index is 0.169. The maximum atomic E-state index is 12.5. The summed E-state index contributed by atoms with van der Waals surface area (Å²) in [6.07, 6.45) is 0. The number of carbonyl (C=O) groups excluding carboxylic acids is 2. The first-order valence-corrected chi connectivity index (χ1v) is 9.75. The molecule has 29 heavy (non-hydrogen) atoms. The van der Waals surface area contributed by atoms with Crippen LogP contribution in [-0.2, 0) is 4.79 Å². The molecule has 0 heterocycles. The van der Waals surface area contributed by atoms with Crippen LogP contribution in [0.15, 0.2) is 30.3 Å². The van der Waals surface area contributed by atoms with Crippen LogP contribution < -0.4 is 20.1 Å². The Morgan fingerprint density at radius 1 is 1.14 bits per heavy atom. The summed E-state index contributed by atoms with van der Waals surface area (Å²) in [4.78, 5) is 24.7. The highest BCUT2D eigenvalue weighted by molar-refractivity contribution is 6.32. The number of halogens is 1. The average Bonchev–Trinajstić information content (AvgIpc) is 2.67. The Balaban J connectivity index is 2.05. The van der Waals surface area contributed by atoms with Crippen LogP contribution in [0.3, 0.4) is 0 Å². The molecule has 0 unspecified atom stereocenters. The first-order chi connectivity index (χ1) is 13.7. The molecule has 0 bridgehead atoms. The lowest BCUT2D eigenvalue weighted by Gasteiger charge is -2.15. The number of methoxy groups -OCH3 is 1. The van der Waals surface area contributed by atoms with E-state index in [1.54, 1.807) is 6.07 Å². The van der Waals surface area contributed by atoms with Crippen molar-refractivity contribution in [2.75, 3.05) is 25.6 Å². The van der Waals surface area contributed by atoms with Crippen molar-refractivity contribution in [1.82, 2.24) is 5.32 Å². The summed E-state index contributed by atoms with van der Waals surface area (Å²) in [6.45, 7) is 8.17. The van der Waals surface area contributed by atoms with Gasteiger partial charge in [-0.1, -0.05) is 43.6 Å². The third-order valence-corrected chi connectivity index (χ3v) is 4.49. The van der Waals surface area contributed by atoms with Gasteiger partial charge in [0, 0.05) is 11.3 Å². The number of para-hydroxylation sites is 1. The highest BCUT2D eigenvalue weighted by Crippen LogP contribution is 2.36. The van der Waals surface area contributed by atoms with E-state index in [4.69, 9.17) is 21.1 Å². The topological polar surface area (TPSA) is 76.7 Å². The third kappa shape index (κ3) is 6.12. The third-order valence-electron chi connectivity index (χ3n) is 4.21. The number of anilines is 1. The predicted molar refractivity (Wildman–Crippen MR) is 115 cm³/mol. The van der Waals surface area contributed by atoms with E-state index in [0.29, 0.717) is 24.0 Å². The van der Waals surface area contributed by atoms with Crippen molar-refractivity contribution < 1.29 is 19.1 Å². The highest BCUT2D eigenvalue weighted by Gasteiger charge is 2.17. The van der Waals surface area contributed by atoms with Gasteiger partial charge in [-0.3, -0.25) is 9.59 Å². The molecule has 0 aromatic heterocycles. The van der Waals surface area contributed by atoms with Crippen molar-refractivity contribution >= 4 is 29.1 Å². The molecule has 0 fully saturated rings. The number of benzene rings is 2. The van der Waals surface area contributed by atoms with Crippen LogP contribution in [0, 0.1) is 19.8 Å². The molecule has 2 N–H and O–H groups in total. The van der Waals surface area contributed by atoms with Crippen molar-refractivity contribution in [2.45, 2.75) is 27.7 Å². The van der Waals surface area contributed by atoms with E-state index in [1.807, 2.05) is 45.9 Å². The van der Waals surface area contributed by atoms with Gasteiger partial charge in [-0.25, -0.2) is 0 Å². The molecule has 2 aromatic carbocycles. The van der Waals surface area contributed by atoms with Gasteiger partial charge in [0.15, 0.2) is 11.5 Å². The molecular weight excluding hydrogens is 392 g/mol. The highest BCUT2D eigenvalue weighted by atomic mass is 35.5. The zero-order chi connectivity index (χ0) is 21.6. The van der Waals surface area contributed by atoms with E-state index < -0.39 is 5.91 Å². The van der Waals surface area contributed by atoms with Gasteiger partial charge in [0.05, 0.1) is 25.3 Å². The molecule has 0 aliphatic carbocycles. The van der Waals surface area contributed by atoms with Crippen LogP contribution in [0.2, 0.25) is 5.02 Å². The van der Waals surface area contributed by atoms with Crippen molar-refractivity contribution in [3.05, 3.63) is 52.0 Å². The van der Waals surface area contributed by atoms with E-state index in [2.05, 4.69) is 10.6 Å². The molecule has 0 saturated carbocycles. The summed E-state index contributed by atoms with van der Waals surface area (Å²) in [5, 5.41) is 5.70. The van der Waals surface area contributed by atoms with E-state index in [9.17, 15) is 9.59 Å². The van der Waals surface area contributed by atoms with Gasteiger partial charge in [0.2, 0.25) is 5.91 Å². The van der Waals surface area contributed by atoms with Gasteiger partial charge in [-0.2, -0.15) is 0 Å². The van der Waals surface area contributed by atoms with E-state index in [0.717, 1.165) is 16.8 Å². The van der Waals surface area contributed by atoms with Crippen molar-refractivity contribution in [3.8, 4) is 11.5 Å². The Morgan fingerprint density at radius 3 is 2.38 bits per heavy atom. The molecule has 0 spiro atoms. The summed E-state index contributed by atoms with van der Waals surface area (Å²) in [5.74, 6) is 0.326. The van der Waals surface area contributed by atoms with Gasteiger partial charge in [-0.05, 0) is 43.0 Å². The summed E-state index contributed by atoms with van der Waals surface area (Å²) in [5.41, 5.74) is 2.95. The monoisotopic (exact) mass is 418 g/mol. The van der Waals surface area contributed by atoms with E-state index in [-0.39, 0.29) is 23.0 Å². The Labute approximate surface area is 176 Å². The second-order valence-electron chi connectivity index (χ2n) is 7.19. The number of rotatable bonds is 8. The Morgan fingerprint density at radius 2 is 1.79 bits per heavy atom. The summed E-state index contributed by atoms with van der Waals surface area (Å²) >= 11 is 6.28. The minimum atomic E-state index is -0.433. The number of hydrogen-bond donors (Lipinski definition) is 2. The lowest BCUT2D eigenvalue weighted by molar-refractivity contribution is -0.115. The van der Waals surface area contributed by atoms with Gasteiger partial charge in [0.1, 0.15) is 0 Å². The molecule has 0 atom stereocenters. The lowest BCUT2D eigenvalue weighted by atomic mass is 10.1. The molecule has 0 aliphatic rings. The van der Waals surface area contributed by atoms with E-state index >= 15 is 0 Å². The molecule has 2 aromatic rings. The first-order valence-electron chi connectivity index (χ1n) is 9.37. The number of carbonyl (C=O) groups is 2. The fraction of sp³-hybridized carbons (Fsp3) is 0.364. The quantitative estimate of drug-likeness (QED) is 0.667. The molecule has 156 valence electrons. The fourth-order valence-corrected chi connectivity index (χ4v) is 2.96. The number of amides is 2. The van der Waals surface area contributed by atoms with Gasteiger partial charge in [0.25, 0.3) is 5.91 Å². The number of hydrogen-bond acceptors (Lipinski definition) is 4. The second kappa shape index (κ2) is 10.2. The van der Waals surface area contributed by atoms with Gasteiger partial charge in [-0.15, -0.1) is 0 Å². The molecule has 0 saturated heterocycles. The zero-order valence-corrected chi connectivity index (χ0v) is 18.1. The SMILES string of the molecule is COc1cc(C(=O)NCC(=O)Nc2c(C)cccc2C)cc(Cl)c1OCC(C)C. The Hall–Kier alpha value is -2.73. The van der Waals surface area contributed by atoms with Crippen LogP contribution in [0.5, 0.6) is 11.5 Å². The molecule has 6 nitrogen and oxygen atoms in total. The van der Waals surface area contributed by atoms with Crippen molar-refractivity contribution in [3.63, 3.8) is 0 Å². The normalized spacial score (nSPS) is 10.6. The number of ether oxygens (including phenoxy) is 2. The van der Waals surface area contributed by atoms with Crippen LogP contribution >= 0.6 is 11.6 Å². The Bertz CT molecular complexity index is 876. The molecule has 2 amide bonds. The van der Waals surface area contributed by atoms with Crippen LogP contribution in [0.25, 0.3) is 0 Å². The van der Waals surface area contributed by atoms with Crippen LogP contribution in [0.1, 0.15) is 35.3 Å². The van der Waals surface area contributed by atoms with Crippen molar-refractivity contribution in [2.24, 2.45) is 5.92 Å². The lowest BCUT2D eigenvalue weighted by Crippen LogP contribution is -2.33. The fourth-order valence-electron chi connectivity index (χ4n) is 2.70. The molecule has 7 heteroatoms. The summed E-state index contributed by atoms with van der Waals surface area (Å²) in [6, 6.07) is 8.79. The standard InChI is InChI=1S/C22H27ClN2O4/c1-13(2)12-29-21-17(23)9-16(10-18(21)28-5)22(27)24-11-19(26)25-20-14(3)7-6-8-15(20)4/h6-10,13H,11-12H2,1-5H3,(H,24,27)(H,25,26). The summed E-state index contributed by atoms with van der Waals surface area (Å²) in [7, 11) is 1.48. The largest absolute Gasteiger partial charge is 0.493 e. The average molecular weight is 419 g/mol. The smallest absolute Gasteiger partial charge is 0.251 e. The summed E-state index contributed by atoms with van der Waals surface area (Å²) < 4.78 is 11.0. The number of nitrogens with one attached hydrogen (secondary N) is 2. The molecular formula is C22H27ClN2O4. The maximum absolute atomic E-state index is 12.5. The first kappa shape index (κ1) is 22.6. The maximum Gasteiger partial charge on any atom is 0.251 e. The zero-order valence-electron chi connectivity index (χ0n) is 17.4. The molecule has 2 rings (SSSR count). The van der Waals surface area contributed by atoms with Crippen LogP contribution in [0.4, 0.5) is 5.69 Å². The minimum Gasteiger partial charge on any atom is -0.493 e. The second-order valence-corrected chi connectivity index (χ2v) is 7.60. The molecule has 0 aliphatic heterocycles. The number of aryl methyl sites for hydroxylation is 2. The Kier molecular flexibility index (Phi) is 7.91. The van der Waals surface area contributed by atoms with Crippen molar-refractivity contribution in [1.29, 1.82) is 0 Å². The predicted octanol–water partition coefficient (Wildman–Crippen LogP) is 4.37. The van der Waals surface area contributed by atoms with E-state index in [1.165, 1.54) is 13.2 Å². The van der Waals surface area contributed by atoms with Gasteiger partial charge < -0.3 is 20.1 Å². The van der Waals surface area contributed by atoms with Gasteiger partial charge >= 0.3 is 0 Å². The molecule has 0 radical (unpaired) electrons. The van der Waals surface area contributed by atoms with Crippen LogP contribution in [-0.4, -0.2) is 32.1 Å².